The van der Waals surface area contributed by atoms with Gasteiger partial charge in [-0.25, -0.2) is 4.98 Å². The minimum atomic E-state index is 0.472. The highest BCUT2D eigenvalue weighted by Crippen LogP contribution is 2.30. The molecule has 0 aliphatic carbocycles. The van der Waals surface area contributed by atoms with Crippen molar-refractivity contribution >= 4 is 0 Å². The second kappa shape index (κ2) is 5.17. The Bertz CT molecular complexity index is 594. The molecule has 0 unspecified atom stereocenters. The number of hydrogen-bond acceptors (Lipinski definition) is 2. The molecular formula is C16H23N3. The maximum atomic E-state index is 5.74. The third-order valence-electron chi connectivity index (χ3n) is 3.73. The van der Waals surface area contributed by atoms with Crippen LogP contribution in [0.15, 0.2) is 18.2 Å². The largest absolute Gasteiger partial charge is 0.330 e. The fourth-order valence-corrected chi connectivity index (χ4v) is 2.51. The van der Waals surface area contributed by atoms with Crippen LogP contribution in [0.1, 0.15) is 42.4 Å². The molecule has 0 aliphatic rings. The van der Waals surface area contributed by atoms with Gasteiger partial charge in [0.2, 0.25) is 0 Å². The first-order valence-corrected chi connectivity index (χ1v) is 6.78. The van der Waals surface area contributed by atoms with E-state index in [1.807, 2.05) is 7.05 Å². The highest BCUT2D eigenvalue weighted by atomic mass is 15.1. The molecule has 102 valence electrons. The van der Waals surface area contributed by atoms with E-state index in [0.29, 0.717) is 12.5 Å². The van der Waals surface area contributed by atoms with Crippen molar-refractivity contribution < 1.29 is 0 Å². The molecule has 0 aliphatic heterocycles. The third kappa shape index (κ3) is 2.43. The summed E-state index contributed by atoms with van der Waals surface area (Å²) in [4.78, 5) is 4.56. The van der Waals surface area contributed by atoms with Gasteiger partial charge < -0.3 is 10.3 Å². The normalized spacial score (nSPS) is 11.3. The molecule has 0 atom stereocenters. The van der Waals surface area contributed by atoms with Crippen LogP contribution in [0.5, 0.6) is 0 Å². The van der Waals surface area contributed by atoms with Crippen LogP contribution in [-0.2, 0) is 13.6 Å². The minimum Gasteiger partial charge on any atom is -0.330 e. The lowest BCUT2D eigenvalue weighted by Gasteiger charge is -2.13. The summed E-state index contributed by atoms with van der Waals surface area (Å²) in [5.74, 6) is 1.46. The standard InChI is InChI=1S/C16H23N3/c1-10(2)13-7-6-11(3)14(8-13)16-12(4)18-15(9-17)19(16)5/h6-8,10H,9,17H2,1-5H3. The molecule has 1 aromatic carbocycles. The Morgan fingerprint density at radius 3 is 2.47 bits per heavy atom. The van der Waals surface area contributed by atoms with E-state index in [9.17, 15) is 0 Å². The van der Waals surface area contributed by atoms with Gasteiger partial charge in [-0.2, -0.15) is 0 Å². The predicted molar refractivity (Wildman–Crippen MR) is 80.1 cm³/mol. The SMILES string of the molecule is Cc1ccc(C(C)C)cc1-c1c(C)nc(CN)n1C. The Morgan fingerprint density at radius 1 is 1.26 bits per heavy atom. The lowest BCUT2D eigenvalue weighted by atomic mass is 9.95. The molecule has 3 heteroatoms. The van der Waals surface area contributed by atoms with Crippen LogP contribution < -0.4 is 5.73 Å². The first-order valence-electron chi connectivity index (χ1n) is 6.78. The van der Waals surface area contributed by atoms with Crippen molar-refractivity contribution in [1.82, 2.24) is 9.55 Å². The molecular weight excluding hydrogens is 234 g/mol. The maximum Gasteiger partial charge on any atom is 0.122 e. The Labute approximate surface area is 115 Å². The van der Waals surface area contributed by atoms with E-state index in [-0.39, 0.29) is 0 Å². The van der Waals surface area contributed by atoms with Crippen molar-refractivity contribution in [2.75, 3.05) is 0 Å². The van der Waals surface area contributed by atoms with E-state index in [0.717, 1.165) is 11.5 Å². The molecule has 2 rings (SSSR count). The number of nitrogens with two attached hydrogens (primary N) is 1. The molecule has 1 aromatic heterocycles. The zero-order chi connectivity index (χ0) is 14.2. The molecule has 0 bridgehead atoms. The highest BCUT2D eigenvalue weighted by Gasteiger charge is 2.15. The Hall–Kier alpha value is -1.61. The van der Waals surface area contributed by atoms with E-state index in [1.54, 1.807) is 0 Å². The maximum absolute atomic E-state index is 5.74. The molecule has 2 aromatic rings. The molecule has 0 saturated heterocycles. The zero-order valence-electron chi connectivity index (χ0n) is 12.5. The first-order chi connectivity index (χ1) is 8.95. The van der Waals surface area contributed by atoms with Crippen LogP contribution in [-0.4, -0.2) is 9.55 Å². The second-order valence-electron chi connectivity index (χ2n) is 5.45. The zero-order valence-corrected chi connectivity index (χ0v) is 12.5. The predicted octanol–water partition coefficient (Wildman–Crippen LogP) is 3.29. The van der Waals surface area contributed by atoms with Crippen molar-refractivity contribution in [3.05, 3.63) is 40.8 Å². The van der Waals surface area contributed by atoms with Crippen molar-refractivity contribution in [2.45, 2.75) is 40.2 Å². The van der Waals surface area contributed by atoms with E-state index in [2.05, 4.69) is 55.4 Å². The van der Waals surface area contributed by atoms with Gasteiger partial charge in [0.25, 0.3) is 0 Å². The summed E-state index contributed by atoms with van der Waals surface area (Å²) in [6.07, 6.45) is 0. The second-order valence-corrected chi connectivity index (χ2v) is 5.45. The lowest BCUT2D eigenvalue weighted by Crippen LogP contribution is -2.06. The van der Waals surface area contributed by atoms with Crippen molar-refractivity contribution in [3.8, 4) is 11.3 Å². The number of rotatable bonds is 3. The van der Waals surface area contributed by atoms with Gasteiger partial charge in [0.05, 0.1) is 17.9 Å². The summed E-state index contributed by atoms with van der Waals surface area (Å²) < 4.78 is 2.11. The van der Waals surface area contributed by atoms with E-state index >= 15 is 0 Å². The average Bonchev–Trinajstić information content (AvgIpc) is 2.65. The number of benzene rings is 1. The summed E-state index contributed by atoms with van der Waals surface area (Å²) >= 11 is 0. The first kappa shape index (κ1) is 13.8. The van der Waals surface area contributed by atoms with Gasteiger partial charge in [-0.1, -0.05) is 26.0 Å². The summed E-state index contributed by atoms with van der Waals surface area (Å²) in [6.45, 7) is 9.11. The van der Waals surface area contributed by atoms with Gasteiger partial charge in [0.1, 0.15) is 5.82 Å². The van der Waals surface area contributed by atoms with E-state index in [1.165, 1.54) is 22.4 Å². The lowest BCUT2D eigenvalue weighted by molar-refractivity contribution is 0.797. The number of nitrogens with zero attached hydrogens (tertiary/aromatic N) is 2. The quantitative estimate of drug-likeness (QED) is 0.917. The Balaban J connectivity index is 2.64. The topological polar surface area (TPSA) is 43.8 Å². The van der Waals surface area contributed by atoms with Crippen LogP contribution in [0.25, 0.3) is 11.3 Å². The summed E-state index contributed by atoms with van der Waals surface area (Å²) in [5.41, 5.74) is 11.9. The monoisotopic (exact) mass is 257 g/mol. The molecule has 0 fully saturated rings. The highest BCUT2D eigenvalue weighted by molar-refractivity contribution is 5.67. The fraction of sp³-hybridized carbons (Fsp3) is 0.438. The number of aromatic nitrogens is 2. The molecule has 19 heavy (non-hydrogen) atoms. The van der Waals surface area contributed by atoms with Gasteiger partial charge in [-0.3, -0.25) is 0 Å². The van der Waals surface area contributed by atoms with E-state index < -0.39 is 0 Å². The van der Waals surface area contributed by atoms with Gasteiger partial charge in [0.15, 0.2) is 0 Å². The number of hydrogen-bond donors (Lipinski definition) is 1. The molecule has 0 saturated carbocycles. The van der Waals surface area contributed by atoms with Gasteiger partial charge >= 0.3 is 0 Å². The van der Waals surface area contributed by atoms with Crippen molar-refractivity contribution in [2.24, 2.45) is 12.8 Å². The van der Waals surface area contributed by atoms with Gasteiger partial charge in [-0.15, -0.1) is 0 Å². The van der Waals surface area contributed by atoms with E-state index in [4.69, 9.17) is 5.73 Å². The molecule has 0 radical (unpaired) electrons. The van der Waals surface area contributed by atoms with Crippen LogP contribution in [0.3, 0.4) is 0 Å². The van der Waals surface area contributed by atoms with Gasteiger partial charge in [-0.05, 0) is 37.0 Å². The fourth-order valence-electron chi connectivity index (χ4n) is 2.51. The molecule has 0 amide bonds. The Kier molecular flexibility index (Phi) is 3.76. The van der Waals surface area contributed by atoms with Crippen LogP contribution >= 0.6 is 0 Å². The van der Waals surface area contributed by atoms with Crippen LogP contribution in [0, 0.1) is 13.8 Å². The minimum absolute atomic E-state index is 0.472. The summed E-state index contributed by atoms with van der Waals surface area (Å²) in [7, 11) is 2.04. The average molecular weight is 257 g/mol. The molecule has 2 N–H and O–H groups in total. The van der Waals surface area contributed by atoms with Crippen molar-refractivity contribution in [3.63, 3.8) is 0 Å². The summed E-state index contributed by atoms with van der Waals surface area (Å²) in [5, 5.41) is 0. The number of imidazole rings is 1. The number of aryl methyl sites for hydroxylation is 2. The molecule has 0 spiro atoms. The van der Waals surface area contributed by atoms with Crippen LogP contribution in [0.4, 0.5) is 0 Å². The molecule has 1 heterocycles. The smallest absolute Gasteiger partial charge is 0.122 e. The van der Waals surface area contributed by atoms with Gasteiger partial charge in [0, 0.05) is 12.6 Å². The summed E-state index contributed by atoms with van der Waals surface area (Å²) in [6, 6.07) is 6.68. The molecule has 3 nitrogen and oxygen atoms in total. The Morgan fingerprint density at radius 2 is 1.95 bits per heavy atom. The van der Waals surface area contributed by atoms with Crippen molar-refractivity contribution in [1.29, 1.82) is 0 Å². The third-order valence-corrected chi connectivity index (χ3v) is 3.73. The van der Waals surface area contributed by atoms with Crippen LogP contribution in [0.2, 0.25) is 0 Å².